The van der Waals surface area contributed by atoms with Gasteiger partial charge in [-0.25, -0.2) is 0 Å². The summed E-state index contributed by atoms with van der Waals surface area (Å²) < 4.78 is 7.04. The van der Waals surface area contributed by atoms with Gasteiger partial charge in [0, 0.05) is 22.8 Å². The van der Waals surface area contributed by atoms with Gasteiger partial charge in [-0.15, -0.1) is 22.7 Å². The van der Waals surface area contributed by atoms with Crippen molar-refractivity contribution < 1.29 is 9.84 Å². The fraction of sp³-hybridized carbons (Fsp3) is 0.571. The smallest absolute Gasteiger partial charge is 0.139 e. The third-order valence-electron chi connectivity index (χ3n) is 2.76. The molecule has 0 aliphatic carbocycles. The summed E-state index contributed by atoms with van der Waals surface area (Å²) in [6, 6.07) is 0. The van der Waals surface area contributed by atoms with E-state index in [2.05, 4.69) is 38.4 Å². The predicted octanol–water partition coefficient (Wildman–Crippen LogP) is 3.40. The van der Waals surface area contributed by atoms with E-state index in [1.165, 1.54) is 15.0 Å². The third kappa shape index (κ3) is 3.92. The van der Waals surface area contributed by atoms with E-state index in [4.69, 9.17) is 4.74 Å². The van der Waals surface area contributed by atoms with Gasteiger partial charge in [0.2, 0.25) is 0 Å². The normalized spacial score (nSPS) is 13.9. The molecule has 0 bridgehead atoms. The van der Waals surface area contributed by atoms with E-state index in [1.54, 1.807) is 22.7 Å². The Balaban J connectivity index is 1.90. The van der Waals surface area contributed by atoms with Gasteiger partial charge in [-0.1, -0.05) is 0 Å². The highest BCUT2D eigenvalue weighted by atomic mass is 32.2. The molecule has 0 aliphatic heterocycles. The van der Waals surface area contributed by atoms with Crippen molar-refractivity contribution in [2.75, 3.05) is 13.2 Å². The summed E-state index contributed by atoms with van der Waals surface area (Å²) in [5, 5.41) is 18.6. The van der Waals surface area contributed by atoms with Gasteiger partial charge in [-0.2, -0.15) is 0 Å². The lowest BCUT2D eigenvalue weighted by Crippen LogP contribution is -2.42. The molecule has 1 unspecified atom stereocenters. The van der Waals surface area contributed by atoms with Gasteiger partial charge < -0.3 is 15.2 Å². The number of hydrogen-bond acceptors (Lipinski definition) is 5. The molecule has 0 radical (unpaired) electrons. The monoisotopic (exact) mass is 299 g/mol. The van der Waals surface area contributed by atoms with Crippen molar-refractivity contribution >= 4 is 32.1 Å². The molecule has 0 aromatic carbocycles. The summed E-state index contributed by atoms with van der Waals surface area (Å²) in [6.45, 7) is 9.20. The molecule has 106 valence electrons. The Morgan fingerprint density at radius 1 is 1.32 bits per heavy atom. The second-order valence-electron chi connectivity index (χ2n) is 5.78. The lowest BCUT2D eigenvalue weighted by Gasteiger charge is -2.22. The second-order valence-corrected chi connectivity index (χ2v) is 7.79. The zero-order valence-corrected chi connectivity index (χ0v) is 13.5. The second kappa shape index (κ2) is 5.79. The lowest BCUT2D eigenvalue weighted by atomic mass is 10.1. The van der Waals surface area contributed by atoms with Crippen LogP contribution >= 0.6 is 22.7 Å². The fourth-order valence-electron chi connectivity index (χ4n) is 1.74. The number of thiophene rings is 2. The van der Waals surface area contributed by atoms with Crippen LogP contribution in [0.15, 0.2) is 10.8 Å². The van der Waals surface area contributed by atoms with Crippen molar-refractivity contribution in [3.8, 4) is 5.75 Å². The summed E-state index contributed by atoms with van der Waals surface area (Å²) >= 11 is 3.45. The largest absolute Gasteiger partial charge is 0.489 e. The van der Waals surface area contributed by atoms with Crippen LogP contribution in [0, 0.1) is 6.92 Å². The maximum atomic E-state index is 9.92. The van der Waals surface area contributed by atoms with E-state index in [-0.39, 0.29) is 5.54 Å². The Hall–Kier alpha value is -0.620. The third-order valence-corrected chi connectivity index (χ3v) is 4.98. The van der Waals surface area contributed by atoms with Gasteiger partial charge in [0.05, 0.1) is 4.01 Å². The van der Waals surface area contributed by atoms with E-state index in [0.717, 1.165) is 5.75 Å². The number of β-amino-alcohol motifs (C(OH)–C–C–N with tert-alkyl or cyclic N) is 1. The molecule has 19 heavy (non-hydrogen) atoms. The number of fused-ring (bicyclic) bond motifs is 1. The molecule has 0 fully saturated rings. The van der Waals surface area contributed by atoms with Crippen LogP contribution in [0.4, 0.5) is 0 Å². The minimum absolute atomic E-state index is 0.0145. The topological polar surface area (TPSA) is 41.5 Å². The van der Waals surface area contributed by atoms with Gasteiger partial charge in [0.1, 0.15) is 18.5 Å². The van der Waals surface area contributed by atoms with Crippen molar-refractivity contribution in [3.63, 3.8) is 0 Å². The maximum absolute atomic E-state index is 9.92. The van der Waals surface area contributed by atoms with E-state index >= 15 is 0 Å². The van der Waals surface area contributed by atoms with Crippen LogP contribution in [0.3, 0.4) is 0 Å². The van der Waals surface area contributed by atoms with Crippen molar-refractivity contribution in [2.24, 2.45) is 0 Å². The molecule has 0 aliphatic rings. The highest BCUT2D eigenvalue weighted by Gasteiger charge is 2.14. The number of rotatable bonds is 5. The van der Waals surface area contributed by atoms with Crippen LogP contribution in [-0.4, -0.2) is 29.9 Å². The van der Waals surface area contributed by atoms with Gasteiger partial charge in [-0.05, 0) is 38.6 Å². The van der Waals surface area contributed by atoms with Crippen LogP contribution in [0.1, 0.15) is 26.3 Å². The summed E-state index contributed by atoms with van der Waals surface area (Å²) in [5.41, 5.74) is 1.26. The molecule has 2 rings (SSSR count). The number of aliphatic hydroxyl groups is 1. The Morgan fingerprint density at radius 3 is 2.68 bits per heavy atom. The first kappa shape index (κ1) is 14.8. The Labute approximate surface area is 122 Å². The van der Waals surface area contributed by atoms with Crippen LogP contribution in [0.5, 0.6) is 5.75 Å². The zero-order valence-electron chi connectivity index (χ0n) is 11.8. The zero-order chi connectivity index (χ0) is 14.0. The molecular formula is C14H21NO2S2. The molecule has 3 nitrogen and oxygen atoms in total. The van der Waals surface area contributed by atoms with Gasteiger partial charge in [0.15, 0.2) is 0 Å². The van der Waals surface area contributed by atoms with Crippen LogP contribution in [0.25, 0.3) is 9.40 Å². The molecule has 5 heteroatoms. The van der Waals surface area contributed by atoms with Crippen molar-refractivity contribution in [3.05, 3.63) is 16.3 Å². The average Bonchev–Trinajstić information content (AvgIpc) is 2.87. The van der Waals surface area contributed by atoms with Gasteiger partial charge in [-0.3, -0.25) is 0 Å². The summed E-state index contributed by atoms with van der Waals surface area (Å²) in [4.78, 5) is 0. The molecule has 0 spiro atoms. The molecule has 2 aromatic heterocycles. The quantitative estimate of drug-likeness (QED) is 0.889. The number of aliphatic hydroxyl groups excluding tert-OH is 1. The first-order valence-electron chi connectivity index (χ1n) is 6.38. The molecular weight excluding hydrogens is 278 g/mol. The Morgan fingerprint density at radius 2 is 2.00 bits per heavy atom. The van der Waals surface area contributed by atoms with Crippen molar-refractivity contribution in [1.82, 2.24) is 5.32 Å². The number of aryl methyl sites for hydroxylation is 1. The van der Waals surface area contributed by atoms with E-state index in [1.807, 2.05) is 5.38 Å². The maximum Gasteiger partial charge on any atom is 0.139 e. The standard InChI is InChI=1S/C14H21NO2S2/c1-9-7-18-13-12(9)11(8-19-13)17-6-10(16)5-15-14(2,3)4/h7-8,10,15-16H,5-6H2,1-4H3. The van der Waals surface area contributed by atoms with Crippen LogP contribution < -0.4 is 10.1 Å². The Kier molecular flexibility index (Phi) is 4.50. The molecule has 0 saturated heterocycles. The van der Waals surface area contributed by atoms with Gasteiger partial charge >= 0.3 is 0 Å². The average molecular weight is 299 g/mol. The van der Waals surface area contributed by atoms with Gasteiger partial charge in [0.25, 0.3) is 0 Å². The summed E-state index contributed by atoms with van der Waals surface area (Å²) in [5.74, 6) is 0.897. The van der Waals surface area contributed by atoms with Crippen molar-refractivity contribution in [1.29, 1.82) is 0 Å². The first-order chi connectivity index (χ1) is 8.87. The minimum atomic E-state index is -0.492. The fourth-order valence-corrected chi connectivity index (χ4v) is 3.81. The number of nitrogens with one attached hydrogen (secondary N) is 1. The summed E-state index contributed by atoms with van der Waals surface area (Å²) in [6.07, 6.45) is -0.492. The molecule has 2 N–H and O–H groups in total. The van der Waals surface area contributed by atoms with Crippen LogP contribution in [0.2, 0.25) is 0 Å². The number of hydrogen-bond donors (Lipinski definition) is 2. The molecule has 0 amide bonds. The SMILES string of the molecule is Cc1csc2scc(OCC(O)CNC(C)(C)C)c12. The predicted molar refractivity (Wildman–Crippen MR) is 83.7 cm³/mol. The lowest BCUT2D eigenvalue weighted by molar-refractivity contribution is 0.101. The van der Waals surface area contributed by atoms with Crippen molar-refractivity contribution in [2.45, 2.75) is 39.3 Å². The first-order valence-corrected chi connectivity index (χ1v) is 8.14. The van der Waals surface area contributed by atoms with Crippen LogP contribution in [-0.2, 0) is 0 Å². The molecule has 1 atom stereocenters. The van der Waals surface area contributed by atoms with E-state index in [9.17, 15) is 5.11 Å². The highest BCUT2D eigenvalue weighted by Crippen LogP contribution is 2.38. The summed E-state index contributed by atoms with van der Waals surface area (Å²) in [7, 11) is 0. The van der Waals surface area contributed by atoms with E-state index < -0.39 is 6.10 Å². The minimum Gasteiger partial charge on any atom is -0.489 e. The highest BCUT2D eigenvalue weighted by molar-refractivity contribution is 7.37. The number of ether oxygens (including phenoxy) is 1. The molecule has 2 aromatic rings. The Bertz CT molecular complexity index is 539. The molecule has 2 heterocycles. The molecule has 0 saturated carbocycles. The van der Waals surface area contributed by atoms with E-state index in [0.29, 0.717) is 13.2 Å².